The van der Waals surface area contributed by atoms with Gasteiger partial charge in [0.15, 0.2) is 0 Å². The zero-order valence-corrected chi connectivity index (χ0v) is 22.5. The van der Waals surface area contributed by atoms with Gasteiger partial charge in [0.05, 0.1) is 10.9 Å². The molecule has 4 amide bonds. The van der Waals surface area contributed by atoms with Gasteiger partial charge >= 0.3 is 0 Å². The minimum Gasteiger partial charge on any atom is -0.350 e. The average Bonchev–Trinajstić information content (AvgIpc) is 3.36. The first-order valence-electron chi connectivity index (χ1n) is 12.6. The molecule has 0 radical (unpaired) electrons. The number of fused-ring (bicyclic) bond motifs is 1. The van der Waals surface area contributed by atoms with Gasteiger partial charge in [-0.3, -0.25) is 19.2 Å². The summed E-state index contributed by atoms with van der Waals surface area (Å²) in [7, 11) is 0. The zero-order chi connectivity index (χ0) is 27.4. The van der Waals surface area contributed by atoms with Crippen LogP contribution in [-0.4, -0.2) is 42.3 Å². The van der Waals surface area contributed by atoms with Crippen molar-refractivity contribution in [2.24, 2.45) is 0 Å². The largest absolute Gasteiger partial charge is 0.350 e. The maximum absolute atomic E-state index is 14.2. The summed E-state index contributed by atoms with van der Waals surface area (Å²) in [5.41, 5.74) is 2.30. The third-order valence-corrected chi connectivity index (χ3v) is 8.29. The van der Waals surface area contributed by atoms with Gasteiger partial charge in [-0.2, -0.15) is 0 Å². The summed E-state index contributed by atoms with van der Waals surface area (Å²) in [6, 6.07) is 22.3. The Kier molecular flexibility index (Phi) is 8.18. The molecule has 2 aliphatic heterocycles. The van der Waals surface area contributed by atoms with Gasteiger partial charge in [0.1, 0.15) is 18.6 Å². The van der Waals surface area contributed by atoms with Crippen molar-refractivity contribution in [3.05, 3.63) is 95.0 Å². The molecule has 0 aromatic heterocycles. The molecular weight excluding hydrogens is 536 g/mol. The zero-order valence-electron chi connectivity index (χ0n) is 20.9. The van der Waals surface area contributed by atoms with Crippen LogP contribution in [0.4, 0.5) is 5.69 Å². The fourth-order valence-electron chi connectivity index (χ4n) is 4.69. The highest BCUT2D eigenvalue weighted by molar-refractivity contribution is 7.99. The van der Waals surface area contributed by atoms with E-state index in [-0.39, 0.29) is 24.8 Å². The Hall–Kier alpha value is -3.82. The molecule has 3 atom stereocenters. The van der Waals surface area contributed by atoms with E-state index < -0.39 is 29.1 Å². The number of hydrogen-bond donors (Lipinski definition) is 3. The molecule has 0 unspecified atom stereocenters. The maximum atomic E-state index is 14.2. The lowest BCUT2D eigenvalue weighted by atomic mass is 10.0. The number of anilines is 1. The predicted octanol–water partition coefficient (Wildman–Crippen LogP) is 3.60. The molecule has 39 heavy (non-hydrogen) atoms. The molecule has 0 saturated carbocycles. The summed E-state index contributed by atoms with van der Waals surface area (Å²) in [4.78, 5) is 54.3. The summed E-state index contributed by atoms with van der Waals surface area (Å²) in [6.07, 6.45) is 0.612. The topological polar surface area (TPSA) is 108 Å². The highest BCUT2D eigenvalue weighted by atomic mass is 35.5. The van der Waals surface area contributed by atoms with E-state index in [1.165, 1.54) is 16.7 Å². The minimum atomic E-state index is -1.00. The maximum Gasteiger partial charge on any atom is 0.251 e. The summed E-state index contributed by atoms with van der Waals surface area (Å²) < 4.78 is 0. The molecule has 3 aromatic rings. The van der Waals surface area contributed by atoms with Crippen LogP contribution in [0, 0.1) is 0 Å². The van der Waals surface area contributed by atoms with E-state index in [4.69, 9.17) is 11.6 Å². The molecular formula is C29H27ClN4O4S. The SMILES string of the molecule is O=C(CN1C(=O)[C@H](NC(=O)[C@@H]2CCC(=O)N2)[C@@H](c2ccccc2)Sc2cc(Cl)ccc21)NCc1ccccc1. The summed E-state index contributed by atoms with van der Waals surface area (Å²) >= 11 is 7.75. The monoisotopic (exact) mass is 562 g/mol. The van der Waals surface area contributed by atoms with Crippen LogP contribution in [0.2, 0.25) is 5.02 Å². The lowest BCUT2D eigenvalue weighted by molar-refractivity contribution is -0.130. The van der Waals surface area contributed by atoms with Gasteiger partial charge in [0.2, 0.25) is 17.7 Å². The third kappa shape index (κ3) is 6.26. The molecule has 5 rings (SSSR count). The van der Waals surface area contributed by atoms with Crippen LogP contribution in [0.3, 0.4) is 0 Å². The molecule has 0 bridgehead atoms. The van der Waals surface area contributed by atoms with Crippen LogP contribution in [-0.2, 0) is 25.7 Å². The molecule has 2 heterocycles. The molecule has 0 spiro atoms. The number of rotatable bonds is 7. The number of halogens is 1. The van der Waals surface area contributed by atoms with Gasteiger partial charge in [-0.1, -0.05) is 72.3 Å². The van der Waals surface area contributed by atoms with Gasteiger partial charge in [0.25, 0.3) is 5.91 Å². The van der Waals surface area contributed by atoms with Crippen LogP contribution in [0.5, 0.6) is 0 Å². The van der Waals surface area contributed by atoms with Crippen molar-refractivity contribution in [2.75, 3.05) is 11.4 Å². The quantitative estimate of drug-likeness (QED) is 0.408. The second-order valence-corrected chi connectivity index (χ2v) is 11.0. The molecule has 0 aliphatic carbocycles. The van der Waals surface area contributed by atoms with Gasteiger partial charge in [0, 0.05) is 22.9 Å². The van der Waals surface area contributed by atoms with Crippen LogP contribution in [0.15, 0.2) is 83.8 Å². The average molecular weight is 563 g/mol. The second-order valence-electron chi connectivity index (χ2n) is 9.39. The Morgan fingerprint density at radius 2 is 1.72 bits per heavy atom. The van der Waals surface area contributed by atoms with Gasteiger partial charge in [-0.25, -0.2) is 0 Å². The van der Waals surface area contributed by atoms with E-state index in [9.17, 15) is 19.2 Å². The summed E-state index contributed by atoms with van der Waals surface area (Å²) in [6.45, 7) is 0.0764. The standard InChI is InChI=1S/C29H27ClN4O4S/c30-20-11-13-22-23(15-20)39-27(19-9-5-2-6-10-19)26(33-28(37)21-12-14-24(35)32-21)29(38)34(22)17-25(36)31-16-18-7-3-1-4-8-18/h1-11,13,15,21,26-27H,12,14,16-17H2,(H,31,36)(H,32,35)(H,33,37)/t21-,26+,27+/m0/s1. The van der Waals surface area contributed by atoms with E-state index in [0.717, 1.165) is 11.1 Å². The molecule has 3 aromatic carbocycles. The first-order chi connectivity index (χ1) is 18.9. The Balaban J connectivity index is 1.47. The highest BCUT2D eigenvalue weighted by Gasteiger charge is 2.41. The fourth-order valence-corrected chi connectivity index (χ4v) is 6.31. The second kappa shape index (κ2) is 11.9. The lowest BCUT2D eigenvalue weighted by Gasteiger charge is -2.29. The van der Waals surface area contributed by atoms with Crippen molar-refractivity contribution in [3.8, 4) is 0 Å². The number of benzene rings is 3. The Labute approximate surface area is 235 Å². The first-order valence-corrected chi connectivity index (χ1v) is 13.9. The number of thioether (sulfide) groups is 1. The Morgan fingerprint density at radius 3 is 2.41 bits per heavy atom. The smallest absolute Gasteiger partial charge is 0.251 e. The lowest BCUT2D eigenvalue weighted by Crippen LogP contribution is -2.55. The molecule has 200 valence electrons. The van der Waals surface area contributed by atoms with E-state index in [0.29, 0.717) is 28.6 Å². The molecule has 8 nitrogen and oxygen atoms in total. The normalized spacial score (nSPS) is 20.5. The minimum absolute atomic E-state index is 0.199. The molecule has 10 heteroatoms. The molecule has 2 aliphatic rings. The van der Waals surface area contributed by atoms with Gasteiger partial charge in [-0.05, 0) is 35.7 Å². The van der Waals surface area contributed by atoms with Crippen LogP contribution in [0.1, 0.15) is 29.2 Å². The number of amides is 4. The van der Waals surface area contributed by atoms with Gasteiger partial charge in [-0.15, -0.1) is 11.8 Å². The molecule has 3 N–H and O–H groups in total. The third-order valence-electron chi connectivity index (χ3n) is 6.67. The van der Waals surface area contributed by atoms with Crippen LogP contribution < -0.4 is 20.9 Å². The van der Waals surface area contributed by atoms with E-state index in [1.807, 2.05) is 60.7 Å². The van der Waals surface area contributed by atoms with Crippen molar-refractivity contribution in [2.45, 2.75) is 41.6 Å². The Bertz CT molecular complexity index is 1390. The van der Waals surface area contributed by atoms with Gasteiger partial charge < -0.3 is 20.9 Å². The van der Waals surface area contributed by atoms with Crippen LogP contribution >= 0.6 is 23.4 Å². The predicted molar refractivity (Wildman–Crippen MR) is 150 cm³/mol. The number of carbonyl (C=O) groups excluding carboxylic acids is 4. The van der Waals surface area contributed by atoms with Crippen molar-refractivity contribution in [1.29, 1.82) is 0 Å². The summed E-state index contributed by atoms with van der Waals surface area (Å²) in [5.74, 6) is -1.40. The van der Waals surface area contributed by atoms with Crippen molar-refractivity contribution in [3.63, 3.8) is 0 Å². The van der Waals surface area contributed by atoms with Crippen molar-refractivity contribution >= 4 is 52.7 Å². The molecule has 1 saturated heterocycles. The number of nitrogens with one attached hydrogen (secondary N) is 3. The number of nitrogens with zero attached hydrogens (tertiary/aromatic N) is 1. The molecule has 1 fully saturated rings. The highest BCUT2D eigenvalue weighted by Crippen LogP contribution is 2.46. The van der Waals surface area contributed by atoms with Crippen molar-refractivity contribution < 1.29 is 19.2 Å². The fraction of sp³-hybridized carbons (Fsp3) is 0.241. The first kappa shape index (κ1) is 26.8. The van der Waals surface area contributed by atoms with E-state index in [2.05, 4.69) is 16.0 Å². The van der Waals surface area contributed by atoms with E-state index in [1.54, 1.807) is 18.2 Å². The number of hydrogen-bond acceptors (Lipinski definition) is 5. The summed E-state index contributed by atoms with van der Waals surface area (Å²) in [5, 5.41) is 8.43. The van der Waals surface area contributed by atoms with E-state index >= 15 is 0 Å². The Morgan fingerprint density at radius 1 is 1.00 bits per heavy atom. The van der Waals surface area contributed by atoms with Crippen molar-refractivity contribution in [1.82, 2.24) is 16.0 Å². The number of carbonyl (C=O) groups is 4. The van der Waals surface area contributed by atoms with Crippen LogP contribution in [0.25, 0.3) is 0 Å².